The number of carbonyl (C=O) groups excluding carboxylic acids is 2. The first kappa shape index (κ1) is 23.7. The molecule has 2 N–H and O–H groups in total. The highest BCUT2D eigenvalue weighted by atomic mass is 16.2. The van der Waals surface area contributed by atoms with E-state index in [4.69, 9.17) is 4.98 Å². The van der Waals surface area contributed by atoms with E-state index in [0.29, 0.717) is 12.2 Å². The average molecular weight is 464 g/mol. The van der Waals surface area contributed by atoms with E-state index in [1.165, 1.54) is 0 Å². The quantitative estimate of drug-likeness (QED) is 0.584. The SMILES string of the molecule is CNC(=O)C(NC(=O)c1nc(-c2ccccc2)n2c1CN(Cc1cnn(C)c1)CC2)C(C)(C)C. The molecular weight excluding hydrogens is 430 g/mol. The molecule has 1 aliphatic heterocycles. The molecule has 1 aromatic carbocycles. The molecule has 1 aliphatic rings. The van der Waals surface area contributed by atoms with Crippen LogP contribution in [-0.4, -0.2) is 55.7 Å². The third kappa shape index (κ3) is 4.89. The summed E-state index contributed by atoms with van der Waals surface area (Å²) in [6.07, 6.45) is 3.87. The van der Waals surface area contributed by atoms with Crippen LogP contribution >= 0.6 is 0 Å². The lowest BCUT2D eigenvalue weighted by Crippen LogP contribution is -2.53. The molecule has 180 valence electrons. The van der Waals surface area contributed by atoms with E-state index in [9.17, 15) is 9.59 Å². The van der Waals surface area contributed by atoms with Crippen LogP contribution < -0.4 is 10.6 Å². The van der Waals surface area contributed by atoms with Gasteiger partial charge in [0.15, 0.2) is 5.69 Å². The van der Waals surface area contributed by atoms with Crippen LogP contribution in [0.4, 0.5) is 0 Å². The van der Waals surface area contributed by atoms with Crippen molar-refractivity contribution in [1.82, 2.24) is 34.9 Å². The van der Waals surface area contributed by atoms with Gasteiger partial charge in [0.25, 0.3) is 5.91 Å². The van der Waals surface area contributed by atoms with Gasteiger partial charge in [-0.25, -0.2) is 4.98 Å². The molecule has 1 unspecified atom stereocenters. The van der Waals surface area contributed by atoms with Crippen molar-refractivity contribution in [2.24, 2.45) is 12.5 Å². The van der Waals surface area contributed by atoms with Crippen molar-refractivity contribution in [2.75, 3.05) is 13.6 Å². The van der Waals surface area contributed by atoms with Gasteiger partial charge in [-0.15, -0.1) is 0 Å². The van der Waals surface area contributed by atoms with Gasteiger partial charge in [-0.2, -0.15) is 5.10 Å². The number of benzene rings is 1. The Morgan fingerprint density at radius 2 is 1.88 bits per heavy atom. The minimum Gasteiger partial charge on any atom is -0.357 e. The zero-order valence-electron chi connectivity index (χ0n) is 20.5. The second-order valence-electron chi connectivity index (χ2n) is 9.87. The van der Waals surface area contributed by atoms with Crippen molar-refractivity contribution in [3.63, 3.8) is 0 Å². The van der Waals surface area contributed by atoms with Crippen LogP contribution in [0, 0.1) is 5.41 Å². The summed E-state index contributed by atoms with van der Waals surface area (Å²) < 4.78 is 3.93. The number of fused-ring (bicyclic) bond motifs is 1. The molecule has 2 amide bonds. The van der Waals surface area contributed by atoms with E-state index in [1.807, 2.05) is 70.5 Å². The Morgan fingerprint density at radius 1 is 1.15 bits per heavy atom. The number of amides is 2. The number of nitrogens with one attached hydrogen (secondary N) is 2. The Bertz CT molecular complexity index is 1170. The third-order valence-electron chi connectivity index (χ3n) is 6.15. The van der Waals surface area contributed by atoms with Crippen molar-refractivity contribution in [2.45, 2.75) is 46.4 Å². The highest BCUT2D eigenvalue weighted by Gasteiger charge is 2.35. The molecule has 9 heteroatoms. The molecule has 4 rings (SSSR count). The largest absolute Gasteiger partial charge is 0.357 e. The molecule has 0 fully saturated rings. The molecule has 0 aliphatic carbocycles. The van der Waals surface area contributed by atoms with E-state index in [0.717, 1.165) is 42.3 Å². The van der Waals surface area contributed by atoms with E-state index in [1.54, 1.807) is 11.7 Å². The van der Waals surface area contributed by atoms with Crippen LogP contribution in [-0.2, 0) is 31.5 Å². The summed E-state index contributed by atoms with van der Waals surface area (Å²) in [4.78, 5) is 33.1. The molecular formula is C25H33N7O2. The Hall–Kier alpha value is -3.46. The molecule has 0 saturated heterocycles. The van der Waals surface area contributed by atoms with E-state index in [2.05, 4.69) is 25.2 Å². The Balaban J connectivity index is 1.68. The monoisotopic (exact) mass is 463 g/mol. The lowest BCUT2D eigenvalue weighted by Gasteiger charge is -2.31. The smallest absolute Gasteiger partial charge is 0.272 e. The van der Waals surface area contributed by atoms with Gasteiger partial charge in [-0.05, 0) is 5.41 Å². The zero-order valence-corrected chi connectivity index (χ0v) is 20.5. The topological polar surface area (TPSA) is 97.1 Å². The fourth-order valence-corrected chi connectivity index (χ4v) is 4.38. The van der Waals surface area contributed by atoms with Crippen LogP contribution in [0.2, 0.25) is 0 Å². The van der Waals surface area contributed by atoms with Crippen LogP contribution in [0.15, 0.2) is 42.7 Å². The van der Waals surface area contributed by atoms with Gasteiger partial charge in [0, 0.05) is 57.6 Å². The maximum absolute atomic E-state index is 13.5. The molecule has 0 bridgehead atoms. The summed E-state index contributed by atoms with van der Waals surface area (Å²) in [7, 11) is 3.48. The fourth-order valence-electron chi connectivity index (χ4n) is 4.38. The standard InChI is InChI=1S/C25H33N7O2/c1-25(2,3)21(24(34)26-4)29-23(33)20-19-16-31(15-17-13-27-30(5)14-17)11-12-32(19)22(28-20)18-9-7-6-8-10-18/h6-10,13-14,21H,11-12,15-16H2,1-5H3,(H,26,34)(H,29,33). The molecule has 0 radical (unpaired) electrons. The lowest BCUT2D eigenvalue weighted by atomic mass is 9.86. The number of hydrogen-bond donors (Lipinski definition) is 2. The molecule has 9 nitrogen and oxygen atoms in total. The van der Waals surface area contributed by atoms with Crippen LogP contribution in [0.3, 0.4) is 0 Å². The summed E-state index contributed by atoms with van der Waals surface area (Å²) in [6, 6.07) is 9.22. The number of rotatable bonds is 6. The Kier molecular flexibility index (Phi) is 6.56. The van der Waals surface area contributed by atoms with Crippen molar-refractivity contribution in [1.29, 1.82) is 0 Å². The highest BCUT2D eigenvalue weighted by molar-refractivity contribution is 5.97. The van der Waals surface area contributed by atoms with Gasteiger partial charge >= 0.3 is 0 Å². The first-order valence-electron chi connectivity index (χ1n) is 11.5. The summed E-state index contributed by atoms with van der Waals surface area (Å²) in [5.41, 5.74) is 2.85. The number of carbonyl (C=O) groups is 2. The molecule has 3 heterocycles. The third-order valence-corrected chi connectivity index (χ3v) is 6.15. The number of nitrogens with zero attached hydrogens (tertiary/aromatic N) is 5. The van der Waals surface area contributed by atoms with E-state index < -0.39 is 11.5 Å². The molecule has 34 heavy (non-hydrogen) atoms. The molecule has 2 aromatic heterocycles. The normalized spacial score (nSPS) is 15.0. The number of aromatic nitrogens is 4. The van der Waals surface area contributed by atoms with Gasteiger partial charge in [-0.3, -0.25) is 19.2 Å². The van der Waals surface area contributed by atoms with Crippen LogP contribution in [0.1, 0.15) is 42.5 Å². The predicted octanol–water partition coefficient (Wildman–Crippen LogP) is 2.19. The number of aryl methyl sites for hydroxylation is 1. The minimum atomic E-state index is -0.683. The van der Waals surface area contributed by atoms with Gasteiger partial charge in [0.05, 0.1) is 11.9 Å². The molecule has 0 spiro atoms. The van der Waals surface area contributed by atoms with Crippen molar-refractivity contribution >= 4 is 11.8 Å². The Labute approximate surface area is 200 Å². The maximum atomic E-state index is 13.5. The fraction of sp³-hybridized carbons (Fsp3) is 0.440. The molecule has 0 saturated carbocycles. The average Bonchev–Trinajstić information content (AvgIpc) is 3.39. The summed E-state index contributed by atoms with van der Waals surface area (Å²) in [6.45, 7) is 8.67. The van der Waals surface area contributed by atoms with Gasteiger partial charge < -0.3 is 15.2 Å². The summed E-state index contributed by atoms with van der Waals surface area (Å²) in [5.74, 6) is 0.210. The number of imidazole rings is 1. The van der Waals surface area contributed by atoms with Crippen LogP contribution in [0.5, 0.6) is 0 Å². The lowest BCUT2D eigenvalue weighted by molar-refractivity contribution is -0.124. The van der Waals surface area contributed by atoms with Gasteiger partial charge in [-0.1, -0.05) is 51.1 Å². The first-order chi connectivity index (χ1) is 16.2. The predicted molar refractivity (Wildman–Crippen MR) is 130 cm³/mol. The number of hydrogen-bond acceptors (Lipinski definition) is 5. The Morgan fingerprint density at radius 3 is 2.50 bits per heavy atom. The first-order valence-corrected chi connectivity index (χ1v) is 11.5. The van der Waals surface area contributed by atoms with Gasteiger partial charge in [0.1, 0.15) is 11.9 Å². The molecule has 3 aromatic rings. The second-order valence-corrected chi connectivity index (χ2v) is 9.87. The maximum Gasteiger partial charge on any atom is 0.272 e. The minimum absolute atomic E-state index is 0.226. The summed E-state index contributed by atoms with van der Waals surface area (Å²) in [5, 5.41) is 9.88. The van der Waals surface area contributed by atoms with Crippen molar-refractivity contribution < 1.29 is 9.59 Å². The van der Waals surface area contributed by atoms with E-state index >= 15 is 0 Å². The zero-order chi connectivity index (χ0) is 24.5. The van der Waals surface area contributed by atoms with E-state index in [-0.39, 0.29) is 11.8 Å². The summed E-state index contributed by atoms with van der Waals surface area (Å²) >= 11 is 0. The number of likely N-dealkylation sites (N-methyl/N-ethyl adjacent to an activating group) is 1. The van der Waals surface area contributed by atoms with Crippen molar-refractivity contribution in [3.05, 3.63) is 59.7 Å². The van der Waals surface area contributed by atoms with Crippen LogP contribution in [0.25, 0.3) is 11.4 Å². The molecule has 1 atom stereocenters. The van der Waals surface area contributed by atoms with Gasteiger partial charge in [0.2, 0.25) is 5.91 Å². The second kappa shape index (κ2) is 9.42. The highest BCUT2D eigenvalue weighted by Crippen LogP contribution is 2.28. The van der Waals surface area contributed by atoms with Crippen molar-refractivity contribution in [3.8, 4) is 11.4 Å².